The van der Waals surface area contributed by atoms with Crippen LogP contribution >= 0.6 is 11.6 Å². The summed E-state index contributed by atoms with van der Waals surface area (Å²) in [6, 6.07) is 6.37. The number of ether oxygens (including phenoxy) is 1. The molecule has 0 aliphatic carbocycles. The zero-order chi connectivity index (χ0) is 11.5. The molecule has 1 heterocycles. The molecule has 1 N–H and O–H groups in total. The lowest BCUT2D eigenvalue weighted by Gasteiger charge is -2.25. The van der Waals surface area contributed by atoms with Crippen LogP contribution in [-0.2, 0) is 4.74 Å². The molecule has 1 fully saturated rings. The maximum absolute atomic E-state index is 6.28. The highest BCUT2D eigenvalue weighted by atomic mass is 35.5. The van der Waals surface area contributed by atoms with Crippen LogP contribution in [0.5, 0.6) is 0 Å². The quantitative estimate of drug-likeness (QED) is 0.857. The Kier molecular flexibility index (Phi) is 3.69. The molecular weight excluding hydrogens is 224 g/mol. The zero-order valence-corrected chi connectivity index (χ0v) is 10.4. The number of halogens is 1. The Morgan fingerprint density at radius 2 is 2.25 bits per heavy atom. The lowest BCUT2D eigenvalue weighted by Crippen LogP contribution is -2.34. The summed E-state index contributed by atoms with van der Waals surface area (Å²) in [7, 11) is 4.01. The molecular formula is C12H17ClN2O. The number of anilines is 1. The summed E-state index contributed by atoms with van der Waals surface area (Å²) in [6.45, 7) is 2.36. The van der Waals surface area contributed by atoms with Gasteiger partial charge in [-0.25, -0.2) is 0 Å². The molecule has 16 heavy (non-hydrogen) atoms. The van der Waals surface area contributed by atoms with E-state index in [2.05, 4.69) is 17.4 Å². The van der Waals surface area contributed by atoms with Gasteiger partial charge in [0.15, 0.2) is 0 Å². The molecule has 88 valence electrons. The lowest BCUT2D eigenvalue weighted by atomic mass is 10.1. The van der Waals surface area contributed by atoms with Gasteiger partial charge in [0, 0.05) is 31.4 Å². The Hall–Kier alpha value is -0.770. The molecule has 0 bridgehead atoms. The first-order valence-corrected chi connectivity index (χ1v) is 5.84. The van der Waals surface area contributed by atoms with Crippen molar-refractivity contribution in [2.75, 3.05) is 38.8 Å². The van der Waals surface area contributed by atoms with Gasteiger partial charge in [0.2, 0.25) is 0 Å². The van der Waals surface area contributed by atoms with Crippen LogP contribution in [-0.4, -0.2) is 33.9 Å². The molecule has 0 saturated carbocycles. The van der Waals surface area contributed by atoms with Gasteiger partial charge in [-0.15, -0.1) is 0 Å². The van der Waals surface area contributed by atoms with E-state index in [9.17, 15) is 0 Å². The van der Waals surface area contributed by atoms with Crippen molar-refractivity contribution < 1.29 is 4.74 Å². The van der Waals surface area contributed by atoms with Gasteiger partial charge in [-0.2, -0.15) is 0 Å². The van der Waals surface area contributed by atoms with Gasteiger partial charge < -0.3 is 15.0 Å². The predicted octanol–water partition coefficient (Wildman–Crippen LogP) is 2.07. The van der Waals surface area contributed by atoms with E-state index in [1.54, 1.807) is 0 Å². The van der Waals surface area contributed by atoms with Crippen LogP contribution in [0, 0.1) is 0 Å². The summed E-state index contributed by atoms with van der Waals surface area (Å²) in [6.07, 6.45) is 0. The predicted molar refractivity (Wildman–Crippen MR) is 67.3 cm³/mol. The third-order valence-corrected chi connectivity index (χ3v) is 3.12. The molecule has 0 radical (unpaired) electrons. The van der Waals surface area contributed by atoms with Crippen molar-refractivity contribution in [3.63, 3.8) is 0 Å². The average molecular weight is 241 g/mol. The molecule has 1 aromatic carbocycles. The average Bonchev–Trinajstić information content (AvgIpc) is 2.30. The maximum atomic E-state index is 6.28. The zero-order valence-electron chi connectivity index (χ0n) is 9.66. The minimum atomic E-state index is 0.220. The fourth-order valence-electron chi connectivity index (χ4n) is 1.84. The highest BCUT2D eigenvalue weighted by molar-refractivity contribution is 6.31. The Labute approximate surface area is 101 Å². The van der Waals surface area contributed by atoms with Crippen molar-refractivity contribution in [2.45, 2.75) is 6.04 Å². The number of hydrogen-bond donors (Lipinski definition) is 1. The van der Waals surface area contributed by atoms with E-state index in [1.807, 2.05) is 25.1 Å². The van der Waals surface area contributed by atoms with Crippen LogP contribution in [0.15, 0.2) is 18.2 Å². The molecule has 0 aromatic heterocycles. The minimum Gasteiger partial charge on any atom is -0.378 e. The van der Waals surface area contributed by atoms with E-state index in [4.69, 9.17) is 16.3 Å². The van der Waals surface area contributed by atoms with Crippen LogP contribution < -0.4 is 10.2 Å². The largest absolute Gasteiger partial charge is 0.378 e. The third kappa shape index (κ3) is 2.48. The van der Waals surface area contributed by atoms with Crippen LogP contribution in [0.25, 0.3) is 0 Å². The molecule has 1 aliphatic rings. The summed E-state index contributed by atoms with van der Waals surface area (Å²) in [5.74, 6) is 0. The van der Waals surface area contributed by atoms with E-state index < -0.39 is 0 Å². The van der Waals surface area contributed by atoms with Crippen LogP contribution in [0.2, 0.25) is 5.02 Å². The summed E-state index contributed by atoms with van der Waals surface area (Å²) in [5.41, 5.74) is 2.23. The van der Waals surface area contributed by atoms with Crippen molar-refractivity contribution in [3.8, 4) is 0 Å². The minimum absolute atomic E-state index is 0.220. The molecule has 1 saturated heterocycles. The highest BCUT2D eigenvalue weighted by Crippen LogP contribution is 2.28. The molecule has 2 rings (SSSR count). The summed E-state index contributed by atoms with van der Waals surface area (Å²) in [5, 5.41) is 4.20. The molecule has 1 aliphatic heterocycles. The van der Waals surface area contributed by atoms with Gasteiger partial charge >= 0.3 is 0 Å². The fourth-order valence-corrected chi connectivity index (χ4v) is 2.15. The normalized spacial score (nSPS) is 20.8. The smallest absolute Gasteiger partial charge is 0.0662 e. The molecule has 3 nitrogen and oxygen atoms in total. The van der Waals surface area contributed by atoms with Crippen molar-refractivity contribution in [1.29, 1.82) is 0 Å². The Bertz CT molecular complexity index is 362. The van der Waals surface area contributed by atoms with Gasteiger partial charge in [-0.05, 0) is 17.7 Å². The van der Waals surface area contributed by atoms with Crippen LogP contribution in [0.3, 0.4) is 0 Å². The standard InChI is InChI=1S/C12H17ClN2O/c1-15(2)9-3-4-10(11(13)7-9)12-8-16-6-5-14-12/h3-4,7,12,14H,5-6,8H2,1-2H3/t12-/m0/s1. The second-order valence-corrected chi connectivity index (χ2v) is 4.59. The lowest BCUT2D eigenvalue weighted by molar-refractivity contribution is 0.0769. The van der Waals surface area contributed by atoms with E-state index >= 15 is 0 Å². The number of rotatable bonds is 2. The van der Waals surface area contributed by atoms with Crippen molar-refractivity contribution in [3.05, 3.63) is 28.8 Å². The monoisotopic (exact) mass is 240 g/mol. The third-order valence-electron chi connectivity index (χ3n) is 2.80. The maximum Gasteiger partial charge on any atom is 0.0662 e. The van der Waals surface area contributed by atoms with E-state index in [0.717, 1.165) is 29.4 Å². The number of nitrogens with one attached hydrogen (secondary N) is 1. The molecule has 4 heteroatoms. The Morgan fingerprint density at radius 3 is 2.81 bits per heavy atom. The molecule has 0 unspecified atom stereocenters. The summed E-state index contributed by atoms with van der Waals surface area (Å²) >= 11 is 6.28. The number of hydrogen-bond acceptors (Lipinski definition) is 3. The Balaban J connectivity index is 2.21. The van der Waals surface area contributed by atoms with Crippen LogP contribution in [0.4, 0.5) is 5.69 Å². The molecule has 0 amide bonds. The number of morpholine rings is 1. The van der Waals surface area contributed by atoms with Gasteiger partial charge in [-0.3, -0.25) is 0 Å². The first kappa shape index (κ1) is 11.7. The first-order valence-electron chi connectivity index (χ1n) is 5.46. The molecule has 0 spiro atoms. The van der Waals surface area contributed by atoms with Crippen molar-refractivity contribution in [1.82, 2.24) is 5.32 Å². The number of benzene rings is 1. The van der Waals surface area contributed by atoms with Gasteiger partial charge in [-0.1, -0.05) is 17.7 Å². The van der Waals surface area contributed by atoms with Crippen molar-refractivity contribution >= 4 is 17.3 Å². The highest BCUT2D eigenvalue weighted by Gasteiger charge is 2.18. The summed E-state index contributed by atoms with van der Waals surface area (Å²) in [4.78, 5) is 2.04. The Morgan fingerprint density at radius 1 is 1.44 bits per heavy atom. The fraction of sp³-hybridized carbons (Fsp3) is 0.500. The van der Waals surface area contributed by atoms with E-state index in [-0.39, 0.29) is 6.04 Å². The summed E-state index contributed by atoms with van der Waals surface area (Å²) < 4.78 is 5.44. The van der Waals surface area contributed by atoms with E-state index in [0.29, 0.717) is 6.61 Å². The second-order valence-electron chi connectivity index (χ2n) is 4.18. The SMILES string of the molecule is CN(C)c1ccc([C@@H]2COCCN2)c(Cl)c1. The first-order chi connectivity index (χ1) is 7.68. The molecule has 1 aromatic rings. The van der Waals surface area contributed by atoms with E-state index in [1.165, 1.54) is 0 Å². The van der Waals surface area contributed by atoms with Gasteiger partial charge in [0.05, 0.1) is 19.3 Å². The topological polar surface area (TPSA) is 24.5 Å². The second kappa shape index (κ2) is 5.04. The van der Waals surface area contributed by atoms with Crippen molar-refractivity contribution in [2.24, 2.45) is 0 Å². The molecule has 1 atom stereocenters. The van der Waals surface area contributed by atoms with Gasteiger partial charge in [0.25, 0.3) is 0 Å². The van der Waals surface area contributed by atoms with Crippen LogP contribution in [0.1, 0.15) is 11.6 Å². The van der Waals surface area contributed by atoms with Gasteiger partial charge in [0.1, 0.15) is 0 Å². The number of nitrogens with zero attached hydrogens (tertiary/aromatic N) is 1.